The maximum absolute atomic E-state index is 12.0. The maximum atomic E-state index is 12.0. The summed E-state index contributed by atoms with van der Waals surface area (Å²) in [6, 6.07) is 0. The molecule has 0 aliphatic carbocycles. The molecular weight excluding hydrogens is 290 g/mol. The van der Waals surface area contributed by atoms with Crippen LogP contribution in [0.5, 0.6) is 0 Å². The summed E-state index contributed by atoms with van der Waals surface area (Å²) in [7, 11) is 0. The fourth-order valence-electron chi connectivity index (χ4n) is 1.83. The predicted octanol–water partition coefficient (Wildman–Crippen LogP) is 3.30. The molecule has 0 saturated heterocycles. The van der Waals surface area contributed by atoms with Crippen LogP contribution >= 0.6 is 11.3 Å². The molecule has 0 aliphatic heterocycles. The Bertz CT molecular complexity index is 496. The van der Waals surface area contributed by atoms with E-state index in [0.717, 1.165) is 10.4 Å². The minimum Gasteiger partial charge on any atom is -0.462 e. The van der Waals surface area contributed by atoms with Gasteiger partial charge >= 0.3 is 5.97 Å². The first kappa shape index (κ1) is 17.7. The first-order valence-electron chi connectivity index (χ1n) is 7.15. The van der Waals surface area contributed by atoms with Crippen LogP contribution in [0.25, 0.3) is 0 Å². The highest BCUT2D eigenvalue weighted by Crippen LogP contribution is 2.33. The first-order chi connectivity index (χ1) is 10.0. The van der Waals surface area contributed by atoms with Crippen molar-refractivity contribution < 1.29 is 19.1 Å². The number of carbonyl (C=O) groups is 2. The van der Waals surface area contributed by atoms with Crippen LogP contribution in [0.15, 0.2) is 0 Å². The lowest BCUT2D eigenvalue weighted by Crippen LogP contribution is -2.15. The van der Waals surface area contributed by atoms with Crippen LogP contribution in [0.1, 0.15) is 47.5 Å². The third kappa shape index (κ3) is 5.13. The molecule has 21 heavy (non-hydrogen) atoms. The van der Waals surface area contributed by atoms with Gasteiger partial charge in [0.2, 0.25) is 5.91 Å². The van der Waals surface area contributed by atoms with Gasteiger partial charge in [-0.2, -0.15) is 0 Å². The van der Waals surface area contributed by atoms with Crippen LogP contribution in [-0.4, -0.2) is 31.7 Å². The fraction of sp³-hybridized carbons (Fsp3) is 0.600. The van der Waals surface area contributed by atoms with Crippen LogP contribution in [-0.2, 0) is 14.3 Å². The Morgan fingerprint density at radius 2 is 1.90 bits per heavy atom. The van der Waals surface area contributed by atoms with Crippen LogP contribution in [0.4, 0.5) is 5.00 Å². The zero-order chi connectivity index (χ0) is 15.8. The number of esters is 1. The maximum Gasteiger partial charge on any atom is 0.341 e. The second-order valence-electron chi connectivity index (χ2n) is 4.56. The van der Waals surface area contributed by atoms with E-state index in [1.807, 2.05) is 20.8 Å². The number of hydrogen-bond acceptors (Lipinski definition) is 5. The molecule has 5 nitrogen and oxygen atoms in total. The minimum absolute atomic E-state index is 0.110. The van der Waals surface area contributed by atoms with Crippen molar-refractivity contribution in [1.82, 2.24) is 0 Å². The van der Waals surface area contributed by atoms with Gasteiger partial charge in [0.05, 0.1) is 12.2 Å². The molecule has 0 aromatic carbocycles. The van der Waals surface area contributed by atoms with Gasteiger partial charge < -0.3 is 14.8 Å². The van der Waals surface area contributed by atoms with Crippen LogP contribution < -0.4 is 5.32 Å². The van der Waals surface area contributed by atoms with Crippen LogP contribution in [0.2, 0.25) is 0 Å². The Morgan fingerprint density at radius 1 is 1.19 bits per heavy atom. The molecule has 0 atom stereocenters. The van der Waals surface area contributed by atoms with E-state index in [1.54, 1.807) is 6.92 Å². The first-order valence-corrected chi connectivity index (χ1v) is 7.97. The molecular formula is C15H23NO4S. The number of aryl methyl sites for hydroxylation is 1. The number of rotatable bonds is 8. The SMILES string of the molecule is CCOCCCC(=O)Nc1sc(C)c(C)c1C(=O)OCC. The fourth-order valence-corrected chi connectivity index (χ4v) is 2.90. The molecule has 0 fully saturated rings. The van der Waals surface area contributed by atoms with Gasteiger partial charge in [0.1, 0.15) is 5.00 Å². The lowest BCUT2D eigenvalue weighted by atomic mass is 10.1. The molecule has 6 heteroatoms. The molecule has 0 aliphatic rings. The summed E-state index contributed by atoms with van der Waals surface area (Å²) >= 11 is 1.40. The molecule has 0 saturated carbocycles. The van der Waals surface area contributed by atoms with Gasteiger partial charge in [0, 0.05) is 24.5 Å². The van der Waals surface area contributed by atoms with Crippen LogP contribution in [0.3, 0.4) is 0 Å². The summed E-state index contributed by atoms with van der Waals surface area (Å²) in [6.07, 6.45) is 1.04. The Labute approximate surface area is 129 Å². The lowest BCUT2D eigenvalue weighted by Gasteiger charge is -2.07. The minimum atomic E-state index is -0.385. The molecule has 1 heterocycles. The van der Waals surface area contributed by atoms with E-state index in [-0.39, 0.29) is 11.9 Å². The number of anilines is 1. The second kappa shape index (κ2) is 8.79. The molecule has 0 spiro atoms. The van der Waals surface area contributed by atoms with Crippen molar-refractivity contribution in [1.29, 1.82) is 0 Å². The van der Waals surface area contributed by atoms with Crippen molar-refractivity contribution in [2.45, 2.75) is 40.5 Å². The van der Waals surface area contributed by atoms with E-state index in [1.165, 1.54) is 11.3 Å². The number of amides is 1. The number of carbonyl (C=O) groups excluding carboxylic acids is 2. The van der Waals surface area contributed by atoms with E-state index >= 15 is 0 Å². The molecule has 1 N–H and O–H groups in total. The van der Waals surface area contributed by atoms with Crippen molar-refractivity contribution in [2.75, 3.05) is 25.1 Å². The van der Waals surface area contributed by atoms with Gasteiger partial charge in [-0.3, -0.25) is 4.79 Å². The highest BCUT2D eigenvalue weighted by atomic mass is 32.1. The van der Waals surface area contributed by atoms with Crippen molar-refractivity contribution in [3.63, 3.8) is 0 Å². The highest BCUT2D eigenvalue weighted by Gasteiger charge is 2.21. The van der Waals surface area contributed by atoms with Crippen molar-refractivity contribution in [3.8, 4) is 0 Å². The second-order valence-corrected chi connectivity index (χ2v) is 5.78. The normalized spacial score (nSPS) is 10.5. The summed E-state index contributed by atoms with van der Waals surface area (Å²) in [4.78, 5) is 24.9. The molecule has 1 aromatic heterocycles. The van der Waals surface area contributed by atoms with Crippen molar-refractivity contribution in [3.05, 3.63) is 16.0 Å². The van der Waals surface area contributed by atoms with Gasteiger partial charge in [0.25, 0.3) is 0 Å². The summed E-state index contributed by atoms with van der Waals surface area (Å²) in [5.41, 5.74) is 1.33. The number of thiophene rings is 1. The van der Waals surface area contributed by atoms with Gasteiger partial charge in [-0.25, -0.2) is 4.79 Å². The zero-order valence-electron chi connectivity index (χ0n) is 13.1. The molecule has 1 aromatic rings. The topological polar surface area (TPSA) is 64.6 Å². The average Bonchev–Trinajstić information content (AvgIpc) is 2.70. The molecule has 1 amide bonds. The van der Waals surface area contributed by atoms with E-state index in [2.05, 4.69) is 5.32 Å². The number of ether oxygens (including phenoxy) is 2. The van der Waals surface area contributed by atoms with Gasteiger partial charge in [0.15, 0.2) is 0 Å². The Balaban J connectivity index is 2.72. The zero-order valence-corrected chi connectivity index (χ0v) is 13.9. The quantitative estimate of drug-likeness (QED) is 0.591. The summed E-state index contributed by atoms with van der Waals surface area (Å²) < 4.78 is 10.3. The standard InChI is InChI=1S/C15H23NO4S/c1-5-19-9-7-8-12(17)16-14-13(15(18)20-6-2)10(3)11(4)21-14/h5-9H2,1-4H3,(H,16,17). The summed E-state index contributed by atoms with van der Waals surface area (Å²) in [5, 5.41) is 3.39. The van der Waals surface area contributed by atoms with Gasteiger partial charge in [-0.05, 0) is 39.7 Å². The number of nitrogens with one attached hydrogen (secondary N) is 1. The highest BCUT2D eigenvalue weighted by molar-refractivity contribution is 7.16. The summed E-state index contributed by atoms with van der Waals surface area (Å²) in [6.45, 7) is 9.00. The Morgan fingerprint density at radius 3 is 2.52 bits per heavy atom. The largest absolute Gasteiger partial charge is 0.462 e. The van der Waals surface area contributed by atoms with Gasteiger partial charge in [-0.1, -0.05) is 0 Å². The average molecular weight is 313 g/mol. The van der Waals surface area contributed by atoms with Gasteiger partial charge in [-0.15, -0.1) is 11.3 Å². The number of hydrogen-bond donors (Lipinski definition) is 1. The van der Waals surface area contributed by atoms with Crippen molar-refractivity contribution >= 4 is 28.2 Å². The van der Waals surface area contributed by atoms with E-state index in [9.17, 15) is 9.59 Å². The van der Waals surface area contributed by atoms with Crippen LogP contribution in [0, 0.1) is 13.8 Å². The third-order valence-corrected chi connectivity index (χ3v) is 4.14. The molecule has 0 radical (unpaired) electrons. The summed E-state index contributed by atoms with van der Waals surface area (Å²) in [5.74, 6) is -0.495. The Kier molecular flexibility index (Phi) is 7.39. The van der Waals surface area contributed by atoms with E-state index < -0.39 is 0 Å². The molecule has 1 rings (SSSR count). The third-order valence-electron chi connectivity index (χ3n) is 3.01. The smallest absolute Gasteiger partial charge is 0.341 e. The van der Waals surface area contributed by atoms with E-state index in [0.29, 0.717) is 43.2 Å². The molecule has 0 unspecified atom stereocenters. The monoisotopic (exact) mass is 313 g/mol. The predicted molar refractivity (Wildman–Crippen MR) is 84.1 cm³/mol. The molecule has 118 valence electrons. The van der Waals surface area contributed by atoms with E-state index in [4.69, 9.17) is 9.47 Å². The molecule has 0 bridgehead atoms. The van der Waals surface area contributed by atoms with Crippen molar-refractivity contribution in [2.24, 2.45) is 0 Å². The lowest BCUT2D eigenvalue weighted by molar-refractivity contribution is -0.116. The Hall–Kier alpha value is -1.40.